The number of imidazole rings is 1. The van der Waals surface area contributed by atoms with Gasteiger partial charge in [-0.05, 0) is 24.3 Å². The van der Waals surface area contributed by atoms with Crippen LogP contribution in [-0.4, -0.2) is 41.0 Å². The SMILES string of the molecule is CC(C)(C)c1cc(NC(=O)CSc2n[nH]c3nc4ccccc4n23)n(-c2ccccc2)n1. The van der Waals surface area contributed by atoms with Gasteiger partial charge in [0, 0.05) is 11.5 Å². The first-order chi connectivity index (χ1) is 15.4. The number of anilines is 1. The van der Waals surface area contributed by atoms with E-state index in [2.05, 4.69) is 41.3 Å². The third kappa shape index (κ3) is 3.75. The predicted octanol–water partition coefficient (Wildman–Crippen LogP) is 4.42. The highest BCUT2D eigenvalue weighted by molar-refractivity contribution is 7.99. The fourth-order valence-corrected chi connectivity index (χ4v) is 4.21. The summed E-state index contributed by atoms with van der Waals surface area (Å²) in [5, 5.41) is 15.7. The largest absolute Gasteiger partial charge is 0.310 e. The van der Waals surface area contributed by atoms with Gasteiger partial charge in [0.2, 0.25) is 11.7 Å². The minimum absolute atomic E-state index is 0.131. The van der Waals surface area contributed by atoms with Crippen molar-refractivity contribution in [2.45, 2.75) is 31.3 Å². The number of aromatic nitrogens is 6. The Morgan fingerprint density at radius 1 is 1.09 bits per heavy atom. The average Bonchev–Trinajstić information content (AvgIpc) is 3.46. The fourth-order valence-electron chi connectivity index (χ4n) is 3.45. The zero-order valence-corrected chi connectivity index (χ0v) is 18.8. The first-order valence-corrected chi connectivity index (χ1v) is 11.3. The van der Waals surface area contributed by atoms with Crippen molar-refractivity contribution in [2.75, 3.05) is 11.1 Å². The van der Waals surface area contributed by atoms with Gasteiger partial charge in [-0.15, -0.1) is 5.10 Å². The van der Waals surface area contributed by atoms with E-state index in [1.807, 2.05) is 65.1 Å². The quantitative estimate of drug-likeness (QED) is 0.391. The highest BCUT2D eigenvalue weighted by Crippen LogP contribution is 2.27. The molecule has 0 atom stereocenters. The molecule has 0 aliphatic carbocycles. The van der Waals surface area contributed by atoms with Crippen LogP contribution in [0.2, 0.25) is 0 Å². The summed E-state index contributed by atoms with van der Waals surface area (Å²) in [6.45, 7) is 6.30. The van der Waals surface area contributed by atoms with Crippen molar-refractivity contribution < 1.29 is 4.79 Å². The number of carbonyl (C=O) groups excluding carboxylic acids is 1. The van der Waals surface area contributed by atoms with Crippen LogP contribution in [0.3, 0.4) is 0 Å². The van der Waals surface area contributed by atoms with Gasteiger partial charge in [-0.1, -0.05) is 62.9 Å². The number of H-pyrrole nitrogens is 1. The van der Waals surface area contributed by atoms with E-state index in [1.54, 1.807) is 4.68 Å². The van der Waals surface area contributed by atoms with Crippen LogP contribution in [-0.2, 0) is 10.2 Å². The molecule has 0 saturated heterocycles. The van der Waals surface area contributed by atoms with Gasteiger partial charge in [0.15, 0.2) is 5.16 Å². The van der Waals surface area contributed by atoms with Gasteiger partial charge in [-0.3, -0.25) is 9.20 Å². The number of aromatic amines is 1. The maximum atomic E-state index is 12.9. The Bertz CT molecular complexity index is 1410. The third-order valence-electron chi connectivity index (χ3n) is 5.08. The Morgan fingerprint density at radius 3 is 2.62 bits per heavy atom. The number of nitrogens with one attached hydrogen (secondary N) is 2. The highest BCUT2D eigenvalue weighted by atomic mass is 32.2. The second-order valence-corrected chi connectivity index (χ2v) is 9.46. The summed E-state index contributed by atoms with van der Waals surface area (Å²) in [7, 11) is 0. The zero-order chi connectivity index (χ0) is 22.3. The molecule has 0 spiro atoms. The van der Waals surface area contributed by atoms with Gasteiger partial charge in [0.05, 0.1) is 28.2 Å². The first-order valence-electron chi connectivity index (χ1n) is 10.3. The molecule has 32 heavy (non-hydrogen) atoms. The number of nitrogens with zero attached hydrogens (tertiary/aromatic N) is 5. The number of amides is 1. The van der Waals surface area contributed by atoms with Crippen molar-refractivity contribution in [3.63, 3.8) is 0 Å². The molecule has 1 amide bonds. The second kappa shape index (κ2) is 7.83. The lowest BCUT2D eigenvalue weighted by molar-refractivity contribution is -0.113. The Hall–Kier alpha value is -3.59. The summed E-state index contributed by atoms with van der Waals surface area (Å²) in [5.74, 6) is 1.38. The molecular formula is C23H23N7OS. The average molecular weight is 446 g/mol. The number of carbonyl (C=O) groups is 1. The molecule has 0 fully saturated rings. The molecule has 0 bridgehead atoms. The lowest BCUT2D eigenvalue weighted by Gasteiger charge is -2.14. The van der Waals surface area contributed by atoms with Crippen LogP contribution < -0.4 is 5.32 Å². The van der Waals surface area contributed by atoms with Crippen molar-refractivity contribution in [1.82, 2.24) is 29.4 Å². The van der Waals surface area contributed by atoms with E-state index in [-0.39, 0.29) is 17.1 Å². The summed E-state index contributed by atoms with van der Waals surface area (Å²) in [6, 6.07) is 19.6. The molecular weight excluding hydrogens is 422 g/mol. The van der Waals surface area contributed by atoms with Crippen LogP contribution in [0.5, 0.6) is 0 Å². The Labute approximate surface area is 189 Å². The Kier molecular flexibility index (Phi) is 4.97. The Balaban J connectivity index is 1.38. The maximum absolute atomic E-state index is 12.9. The Morgan fingerprint density at radius 2 is 1.84 bits per heavy atom. The number of hydrogen-bond acceptors (Lipinski definition) is 5. The van der Waals surface area contributed by atoms with Gasteiger partial charge in [-0.2, -0.15) is 5.10 Å². The summed E-state index contributed by atoms with van der Waals surface area (Å²) in [5.41, 5.74) is 3.50. The predicted molar refractivity (Wildman–Crippen MR) is 126 cm³/mol. The molecule has 9 heteroatoms. The summed E-state index contributed by atoms with van der Waals surface area (Å²) < 4.78 is 3.71. The number of para-hydroxylation sites is 3. The summed E-state index contributed by atoms with van der Waals surface area (Å²) >= 11 is 1.36. The van der Waals surface area contributed by atoms with Crippen molar-refractivity contribution in [2.24, 2.45) is 0 Å². The van der Waals surface area contributed by atoms with Crippen LogP contribution in [0.4, 0.5) is 5.82 Å². The van der Waals surface area contributed by atoms with E-state index in [1.165, 1.54) is 11.8 Å². The number of rotatable bonds is 5. The number of hydrogen-bond donors (Lipinski definition) is 2. The van der Waals surface area contributed by atoms with Crippen LogP contribution in [0.15, 0.2) is 65.8 Å². The van der Waals surface area contributed by atoms with E-state index >= 15 is 0 Å². The topological polar surface area (TPSA) is 92.9 Å². The molecule has 5 aromatic rings. The molecule has 162 valence electrons. The van der Waals surface area contributed by atoms with Gasteiger partial charge in [0.25, 0.3) is 0 Å². The van der Waals surface area contributed by atoms with Gasteiger partial charge >= 0.3 is 0 Å². The van der Waals surface area contributed by atoms with Crippen LogP contribution in [0, 0.1) is 0 Å². The van der Waals surface area contributed by atoms with E-state index in [0.717, 1.165) is 22.4 Å². The van der Waals surface area contributed by atoms with Gasteiger partial charge < -0.3 is 5.32 Å². The van der Waals surface area contributed by atoms with Crippen LogP contribution in [0.25, 0.3) is 22.5 Å². The van der Waals surface area contributed by atoms with Crippen molar-refractivity contribution in [3.05, 3.63) is 66.4 Å². The lowest BCUT2D eigenvalue weighted by atomic mass is 9.92. The van der Waals surface area contributed by atoms with Crippen molar-refractivity contribution in [1.29, 1.82) is 0 Å². The van der Waals surface area contributed by atoms with Crippen molar-refractivity contribution >= 4 is 40.3 Å². The zero-order valence-electron chi connectivity index (χ0n) is 18.0. The van der Waals surface area contributed by atoms with E-state index in [9.17, 15) is 4.79 Å². The molecule has 0 radical (unpaired) electrons. The standard InChI is InChI=1S/C23H23N7OS/c1-23(2,3)18-13-19(30(28-18)15-9-5-4-6-10-15)25-20(31)14-32-22-27-26-21-24-16-11-7-8-12-17(16)29(21)22/h4-13H,14H2,1-3H3,(H,24,26)(H,25,31). The molecule has 2 N–H and O–H groups in total. The minimum Gasteiger partial charge on any atom is -0.310 e. The third-order valence-corrected chi connectivity index (χ3v) is 6.02. The molecule has 8 nitrogen and oxygen atoms in total. The molecule has 3 heterocycles. The van der Waals surface area contributed by atoms with Crippen molar-refractivity contribution in [3.8, 4) is 5.69 Å². The van der Waals surface area contributed by atoms with Crippen LogP contribution >= 0.6 is 11.8 Å². The first kappa shape index (κ1) is 20.3. The highest BCUT2D eigenvalue weighted by Gasteiger charge is 2.22. The molecule has 0 unspecified atom stereocenters. The molecule has 5 rings (SSSR count). The minimum atomic E-state index is -0.141. The fraction of sp³-hybridized carbons (Fsp3) is 0.217. The number of fused-ring (bicyclic) bond motifs is 3. The van der Waals surface area contributed by atoms with E-state index in [0.29, 0.717) is 16.8 Å². The molecule has 2 aromatic carbocycles. The van der Waals surface area contributed by atoms with Gasteiger partial charge in [0.1, 0.15) is 5.82 Å². The second-order valence-electron chi connectivity index (χ2n) is 8.51. The number of thioether (sulfide) groups is 1. The molecule has 0 aliphatic heterocycles. The maximum Gasteiger partial charge on any atom is 0.236 e. The smallest absolute Gasteiger partial charge is 0.236 e. The monoisotopic (exact) mass is 445 g/mol. The molecule has 0 saturated carbocycles. The van der Waals surface area contributed by atoms with Crippen LogP contribution in [0.1, 0.15) is 26.5 Å². The summed E-state index contributed by atoms with van der Waals surface area (Å²) in [6.07, 6.45) is 0. The summed E-state index contributed by atoms with van der Waals surface area (Å²) in [4.78, 5) is 17.4. The number of benzene rings is 2. The molecule has 0 aliphatic rings. The van der Waals surface area contributed by atoms with Gasteiger partial charge in [-0.25, -0.2) is 14.8 Å². The normalized spacial score (nSPS) is 12.0. The van der Waals surface area contributed by atoms with E-state index in [4.69, 9.17) is 5.10 Å². The molecule has 3 aromatic heterocycles. The lowest BCUT2D eigenvalue weighted by Crippen LogP contribution is -2.17. The van der Waals surface area contributed by atoms with E-state index < -0.39 is 0 Å².